The summed E-state index contributed by atoms with van der Waals surface area (Å²) in [7, 11) is -1.90. The van der Waals surface area contributed by atoms with E-state index >= 15 is 0 Å². The molecule has 0 saturated carbocycles. The summed E-state index contributed by atoms with van der Waals surface area (Å²) in [6.45, 7) is 6.63. The molecular weight excluding hydrogens is 363 g/mol. The Morgan fingerprint density at radius 3 is 1.52 bits per heavy atom. The minimum atomic E-state index is -1.90. The van der Waals surface area contributed by atoms with Gasteiger partial charge in [0.15, 0.2) is 11.6 Å². The van der Waals surface area contributed by atoms with Crippen molar-refractivity contribution in [3.8, 4) is 11.5 Å². The molecule has 5 nitrogen and oxygen atoms in total. The molecule has 2 aromatic carbocycles. The average molecular weight is 381 g/mol. The van der Waals surface area contributed by atoms with Gasteiger partial charge in [-0.15, -0.1) is 0 Å². The van der Waals surface area contributed by atoms with E-state index in [1.54, 1.807) is 36.4 Å². The molecule has 0 atom stereocenters. The van der Waals surface area contributed by atoms with E-state index in [0.29, 0.717) is 22.6 Å². The first-order valence-corrected chi connectivity index (χ1v) is 8.90. The van der Waals surface area contributed by atoms with Crippen molar-refractivity contribution in [2.75, 3.05) is 0 Å². The van der Waals surface area contributed by atoms with E-state index in [2.05, 4.69) is 0 Å². The lowest BCUT2D eigenvalue weighted by Gasteiger charge is -2.17. The molecule has 0 aromatic heterocycles. The number of carbonyl (C=O) groups is 2. The summed E-state index contributed by atoms with van der Waals surface area (Å²) in [5.41, 5.74) is 2.72. The van der Waals surface area contributed by atoms with Crippen molar-refractivity contribution in [2.45, 2.75) is 27.7 Å². The van der Waals surface area contributed by atoms with Crippen LogP contribution in [0.3, 0.4) is 0 Å². The highest BCUT2D eigenvalue weighted by atomic mass is 35.5. The van der Waals surface area contributed by atoms with Gasteiger partial charge >= 0.3 is 8.60 Å². The highest BCUT2D eigenvalue weighted by Crippen LogP contribution is 2.44. The Balaban J connectivity index is 2.16. The molecule has 0 aliphatic heterocycles. The second-order valence-corrected chi connectivity index (χ2v) is 6.91. The summed E-state index contributed by atoms with van der Waals surface area (Å²) in [6.07, 6.45) is 0. The number of hydrogen-bond donors (Lipinski definition) is 0. The van der Waals surface area contributed by atoms with Crippen LogP contribution >= 0.6 is 20.5 Å². The standard InChI is InChI=1S/C18H18ClO5P/c1-11-9-15(13(3)20)5-7-17(11)22-25(24-19)23-18-8-6-16(14(4)21)10-12(18)2/h5-10H,1-4H3. The third kappa shape index (κ3) is 5.02. The molecule has 0 heterocycles. The lowest BCUT2D eigenvalue weighted by molar-refractivity contribution is 0.100. The van der Waals surface area contributed by atoms with E-state index in [9.17, 15) is 9.59 Å². The molecule has 7 heteroatoms. The van der Waals surface area contributed by atoms with Gasteiger partial charge in [0.25, 0.3) is 0 Å². The Bertz CT molecular complexity index is 741. The predicted octanol–water partition coefficient (Wildman–Crippen LogP) is 5.56. The SMILES string of the molecule is CC(=O)c1ccc(OP(OCl)Oc2ccc(C(C)=O)cc2C)c(C)c1. The quantitative estimate of drug-likeness (QED) is 0.464. The highest BCUT2D eigenvalue weighted by molar-refractivity contribution is 7.43. The zero-order valence-electron chi connectivity index (χ0n) is 14.3. The van der Waals surface area contributed by atoms with Gasteiger partial charge in [-0.1, -0.05) is 0 Å². The number of benzene rings is 2. The molecule has 0 fully saturated rings. The van der Waals surface area contributed by atoms with Crippen LogP contribution in [0.2, 0.25) is 0 Å². The number of hydrogen-bond acceptors (Lipinski definition) is 5. The Morgan fingerprint density at radius 1 is 0.840 bits per heavy atom. The van der Waals surface area contributed by atoms with Crippen molar-refractivity contribution in [1.29, 1.82) is 0 Å². The molecule has 0 unspecified atom stereocenters. The van der Waals surface area contributed by atoms with Crippen molar-refractivity contribution in [1.82, 2.24) is 0 Å². The van der Waals surface area contributed by atoms with E-state index in [1.807, 2.05) is 13.8 Å². The normalized spacial score (nSPS) is 10.6. The summed E-state index contributed by atoms with van der Waals surface area (Å²) in [5.74, 6) is 0.968. The van der Waals surface area contributed by atoms with Crippen molar-refractivity contribution >= 4 is 32.0 Å². The summed E-state index contributed by atoms with van der Waals surface area (Å²) in [6, 6.07) is 10.1. The summed E-state index contributed by atoms with van der Waals surface area (Å²) < 4.78 is 16.1. The molecular formula is C18H18ClO5P. The van der Waals surface area contributed by atoms with Gasteiger partial charge < -0.3 is 9.05 Å². The molecule has 0 bridgehead atoms. The van der Waals surface area contributed by atoms with Crippen LogP contribution in [0.25, 0.3) is 0 Å². The van der Waals surface area contributed by atoms with E-state index in [1.165, 1.54) is 13.8 Å². The van der Waals surface area contributed by atoms with Crippen LogP contribution in [0, 0.1) is 13.8 Å². The lowest BCUT2D eigenvalue weighted by atomic mass is 10.1. The minimum Gasteiger partial charge on any atom is -0.417 e. The topological polar surface area (TPSA) is 61.8 Å². The van der Waals surface area contributed by atoms with Crippen molar-refractivity contribution < 1.29 is 22.7 Å². The summed E-state index contributed by atoms with van der Waals surface area (Å²) in [5, 5.41) is 0. The van der Waals surface area contributed by atoms with Crippen LogP contribution < -0.4 is 9.05 Å². The van der Waals surface area contributed by atoms with Gasteiger partial charge in [-0.25, -0.2) is 0 Å². The number of aryl methyl sites for hydroxylation is 2. The average Bonchev–Trinajstić information content (AvgIpc) is 2.56. The largest absolute Gasteiger partial charge is 0.481 e. The van der Waals surface area contributed by atoms with Gasteiger partial charge in [-0.2, -0.15) is 4.08 Å². The van der Waals surface area contributed by atoms with Crippen molar-refractivity contribution in [3.05, 3.63) is 58.7 Å². The fourth-order valence-electron chi connectivity index (χ4n) is 2.15. The van der Waals surface area contributed by atoms with E-state index in [4.69, 9.17) is 25.0 Å². The fraction of sp³-hybridized carbons (Fsp3) is 0.222. The molecule has 0 N–H and O–H groups in total. The number of carbonyl (C=O) groups excluding carboxylic acids is 2. The van der Waals surface area contributed by atoms with Gasteiger partial charge in [0.2, 0.25) is 0 Å². The Labute approximate surface area is 153 Å². The van der Waals surface area contributed by atoms with E-state index in [-0.39, 0.29) is 11.6 Å². The van der Waals surface area contributed by atoms with E-state index < -0.39 is 8.60 Å². The maximum Gasteiger partial charge on any atom is 0.481 e. The Morgan fingerprint density at radius 2 is 1.24 bits per heavy atom. The van der Waals surface area contributed by atoms with Gasteiger partial charge in [-0.3, -0.25) is 9.59 Å². The first-order valence-electron chi connectivity index (χ1n) is 7.49. The maximum atomic E-state index is 11.4. The summed E-state index contributed by atoms with van der Waals surface area (Å²) in [4.78, 5) is 22.8. The minimum absolute atomic E-state index is 0.0251. The van der Waals surface area contributed by atoms with Crippen molar-refractivity contribution in [3.63, 3.8) is 0 Å². The first kappa shape index (κ1) is 19.4. The number of halogens is 1. The fourth-order valence-corrected chi connectivity index (χ4v) is 3.14. The second-order valence-electron chi connectivity index (χ2n) is 5.55. The number of ketones is 2. The first-order chi connectivity index (χ1) is 11.8. The molecule has 0 radical (unpaired) electrons. The Kier molecular flexibility index (Phi) is 6.54. The Hall–Kier alpha value is -1.94. The third-order valence-electron chi connectivity index (χ3n) is 3.57. The molecule has 132 valence electrons. The van der Waals surface area contributed by atoms with Gasteiger partial charge in [0.1, 0.15) is 11.5 Å². The zero-order chi connectivity index (χ0) is 18.6. The molecule has 2 rings (SSSR count). The maximum absolute atomic E-state index is 11.4. The monoisotopic (exact) mass is 380 g/mol. The third-order valence-corrected chi connectivity index (χ3v) is 4.71. The van der Waals surface area contributed by atoms with Crippen LogP contribution in [-0.4, -0.2) is 11.6 Å². The molecule has 0 aliphatic rings. The van der Waals surface area contributed by atoms with Crippen molar-refractivity contribution in [2.24, 2.45) is 0 Å². The zero-order valence-corrected chi connectivity index (χ0v) is 16.0. The molecule has 25 heavy (non-hydrogen) atoms. The number of Topliss-reactive ketones (excluding diaryl/α,β-unsaturated/α-hetero) is 2. The van der Waals surface area contributed by atoms with Crippen LogP contribution in [-0.2, 0) is 4.08 Å². The van der Waals surface area contributed by atoms with Gasteiger partial charge in [-0.05, 0) is 75.2 Å². The van der Waals surface area contributed by atoms with Crippen LogP contribution in [0.1, 0.15) is 45.7 Å². The van der Waals surface area contributed by atoms with Crippen LogP contribution in [0.15, 0.2) is 36.4 Å². The highest BCUT2D eigenvalue weighted by Gasteiger charge is 2.20. The molecule has 0 spiro atoms. The molecule has 0 aliphatic carbocycles. The van der Waals surface area contributed by atoms with E-state index in [0.717, 1.165) is 11.1 Å². The molecule has 0 amide bonds. The van der Waals surface area contributed by atoms with Gasteiger partial charge in [0, 0.05) is 11.1 Å². The number of rotatable bonds is 7. The van der Waals surface area contributed by atoms with Crippen LogP contribution in [0.4, 0.5) is 0 Å². The smallest absolute Gasteiger partial charge is 0.417 e. The summed E-state index contributed by atoms with van der Waals surface area (Å²) >= 11 is 5.51. The molecule has 2 aromatic rings. The lowest BCUT2D eigenvalue weighted by Crippen LogP contribution is -2.00. The predicted molar refractivity (Wildman–Crippen MR) is 97.5 cm³/mol. The second kappa shape index (κ2) is 8.43. The van der Waals surface area contributed by atoms with Crippen LogP contribution in [0.5, 0.6) is 11.5 Å². The molecule has 0 saturated heterocycles. The van der Waals surface area contributed by atoms with Gasteiger partial charge in [0.05, 0.1) is 11.9 Å².